The number of aromatic nitrogens is 5. The van der Waals surface area contributed by atoms with Gasteiger partial charge < -0.3 is 14.2 Å². The number of aromatic amines is 1. The number of H-pyrrole nitrogens is 1. The standard InChI is InChI=1S/C19H30N6OS/c1-6-25-16(22-23-18(25)27)13-7-9-24(10-8-13)15-11-14(12-26-5)20-17(21-15)19(2,3)4/h11,13H,6-10,12H2,1-5H3,(H,23,27). The third-order valence-corrected chi connectivity index (χ3v) is 5.33. The van der Waals surface area contributed by atoms with Crippen LogP contribution in [0.4, 0.5) is 5.82 Å². The van der Waals surface area contributed by atoms with Crippen molar-refractivity contribution in [2.45, 2.75) is 65.0 Å². The van der Waals surface area contributed by atoms with Crippen LogP contribution in [-0.4, -0.2) is 44.9 Å². The molecule has 2 aromatic heterocycles. The molecule has 8 heteroatoms. The molecule has 3 heterocycles. The van der Waals surface area contributed by atoms with Crippen LogP contribution in [-0.2, 0) is 23.3 Å². The molecule has 3 rings (SSSR count). The second-order valence-corrected chi connectivity index (χ2v) is 8.50. The van der Waals surface area contributed by atoms with Crippen molar-refractivity contribution < 1.29 is 4.74 Å². The molecule has 0 aliphatic carbocycles. The predicted octanol–water partition coefficient (Wildman–Crippen LogP) is 3.58. The molecule has 1 aliphatic rings. The lowest BCUT2D eigenvalue weighted by atomic mass is 9.95. The van der Waals surface area contributed by atoms with Crippen LogP contribution in [0.3, 0.4) is 0 Å². The van der Waals surface area contributed by atoms with Crippen LogP contribution in [0.5, 0.6) is 0 Å². The Kier molecular flexibility index (Phi) is 5.95. The summed E-state index contributed by atoms with van der Waals surface area (Å²) in [5, 5.41) is 7.42. The second-order valence-electron chi connectivity index (χ2n) is 8.12. The summed E-state index contributed by atoms with van der Waals surface area (Å²) in [5.41, 5.74) is 0.833. The van der Waals surface area contributed by atoms with Gasteiger partial charge >= 0.3 is 0 Å². The third kappa shape index (κ3) is 4.38. The van der Waals surface area contributed by atoms with Gasteiger partial charge in [0.2, 0.25) is 0 Å². The highest BCUT2D eigenvalue weighted by molar-refractivity contribution is 7.71. The van der Waals surface area contributed by atoms with E-state index in [1.54, 1.807) is 7.11 Å². The predicted molar refractivity (Wildman–Crippen MR) is 109 cm³/mol. The van der Waals surface area contributed by atoms with E-state index in [1.165, 1.54) is 0 Å². The number of methoxy groups -OCH3 is 1. The first-order valence-electron chi connectivity index (χ1n) is 9.61. The SMILES string of the molecule is CCn1c(C2CCN(c3cc(COC)nc(C(C)(C)C)n3)CC2)n[nH]c1=S. The Morgan fingerprint density at radius 3 is 2.56 bits per heavy atom. The monoisotopic (exact) mass is 390 g/mol. The Hall–Kier alpha value is -1.80. The van der Waals surface area contributed by atoms with Crippen molar-refractivity contribution in [2.75, 3.05) is 25.1 Å². The van der Waals surface area contributed by atoms with Gasteiger partial charge in [0.1, 0.15) is 17.5 Å². The van der Waals surface area contributed by atoms with Crippen LogP contribution < -0.4 is 4.90 Å². The molecule has 0 aromatic carbocycles. The van der Waals surface area contributed by atoms with Gasteiger partial charge in [0.05, 0.1) is 12.3 Å². The van der Waals surface area contributed by atoms with E-state index in [4.69, 9.17) is 21.9 Å². The summed E-state index contributed by atoms with van der Waals surface area (Å²) in [4.78, 5) is 11.9. The highest BCUT2D eigenvalue weighted by Gasteiger charge is 2.27. The van der Waals surface area contributed by atoms with Gasteiger partial charge in [-0.1, -0.05) is 20.8 Å². The summed E-state index contributed by atoms with van der Waals surface area (Å²) in [5.74, 6) is 3.37. The number of nitrogens with zero attached hydrogens (tertiary/aromatic N) is 5. The van der Waals surface area contributed by atoms with Gasteiger partial charge in [-0.25, -0.2) is 9.97 Å². The summed E-state index contributed by atoms with van der Waals surface area (Å²) in [7, 11) is 1.70. The molecule has 1 N–H and O–H groups in total. The van der Waals surface area contributed by atoms with Gasteiger partial charge in [-0.15, -0.1) is 0 Å². The van der Waals surface area contributed by atoms with Gasteiger partial charge in [0.15, 0.2) is 4.77 Å². The fourth-order valence-electron chi connectivity index (χ4n) is 3.52. The maximum Gasteiger partial charge on any atom is 0.195 e. The van der Waals surface area contributed by atoms with Crippen LogP contribution in [0.15, 0.2) is 6.07 Å². The number of anilines is 1. The lowest BCUT2D eigenvalue weighted by Gasteiger charge is -2.33. The smallest absolute Gasteiger partial charge is 0.195 e. The molecular formula is C19H30N6OS. The Morgan fingerprint density at radius 1 is 1.26 bits per heavy atom. The van der Waals surface area contributed by atoms with Gasteiger partial charge in [-0.2, -0.15) is 5.10 Å². The molecule has 1 fully saturated rings. The summed E-state index contributed by atoms with van der Waals surface area (Å²) in [6.07, 6.45) is 2.07. The zero-order valence-corrected chi connectivity index (χ0v) is 17.8. The van der Waals surface area contributed by atoms with E-state index < -0.39 is 0 Å². The number of ether oxygens (including phenoxy) is 1. The van der Waals surface area contributed by atoms with E-state index >= 15 is 0 Å². The number of rotatable bonds is 5. The Bertz CT molecular complexity index is 829. The van der Waals surface area contributed by atoms with Gasteiger partial charge in [-0.3, -0.25) is 5.10 Å². The molecule has 0 atom stereocenters. The maximum atomic E-state index is 5.34. The summed E-state index contributed by atoms with van der Waals surface area (Å²) in [6.45, 7) is 11.8. The van der Waals surface area contributed by atoms with E-state index in [0.717, 1.165) is 55.6 Å². The fraction of sp³-hybridized carbons (Fsp3) is 0.684. The van der Waals surface area contributed by atoms with E-state index in [0.29, 0.717) is 17.3 Å². The first-order valence-corrected chi connectivity index (χ1v) is 10.0. The topological polar surface area (TPSA) is 71.9 Å². The summed E-state index contributed by atoms with van der Waals surface area (Å²) in [6, 6.07) is 2.06. The molecule has 2 aromatic rings. The molecule has 0 bridgehead atoms. The van der Waals surface area contributed by atoms with Crippen molar-refractivity contribution in [3.63, 3.8) is 0 Å². The van der Waals surface area contributed by atoms with E-state index in [-0.39, 0.29) is 5.41 Å². The molecule has 0 unspecified atom stereocenters. The summed E-state index contributed by atoms with van der Waals surface area (Å²) < 4.78 is 8.13. The van der Waals surface area contributed by atoms with Crippen LogP contribution in [0.25, 0.3) is 0 Å². The van der Waals surface area contributed by atoms with E-state index in [9.17, 15) is 0 Å². The molecule has 0 amide bonds. The fourth-order valence-corrected chi connectivity index (χ4v) is 3.78. The number of nitrogens with one attached hydrogen (secondary N) is 1. The van der Waals surface area contributed by atoms with Crippen LogP contribution in [0.2, 0.25) is 0 Å². The molecule has 1 saturated heterocycles. The first-order chi connectivity index (χ1) is 12.8. The molecule has 7 nitrogen and oxygen atoms in total. The van der Waals surface area contributed by atoms with Crippen molar-refractivity contribution in [2.24, 2.45) is 0 Å². The lowest BCUT2D eigenvalue weighted by molar-refractivity contribution is 0.181. The van der Waals surface area contributed by atoms with Gasteiger partial charge in [-0.05, 0) is 32.0 Å². The van der Waals surface area contributed by atoms with E-state index in [2.05, 4.69) is 58.4 Å². The zero-order valence-electron chi connectivity index (χ0n) is 16.9. The molecule has 0 radical (unpaired) electrons. The zero-order chi connectivity index (χ0) is 19.6. The highest BCUT2D eigenvalue weighted by atomic mass is 32.1. The number of hydrogen-bond donors (Lipinski definition) is 1. The molecular weight excluding hydrogens is 360 g/mol. The Balaban J connectivity index is 1.79. The minimum absolute atomic E-state index is 0.0988. The Labute approximate surface area is 166 Å². The maximum absolute atomic E-state index is 5.34. The van der Waals surface area contributed by atoms with Crippen molar-refractivity contribution in [3.8, 4) is 0 Å². The van der Waals surface area contributed by atoms with Gasteiger partial charge in [0.25, 0.3) is 0 Å². The van der Waals surface area contributed by atoms with Crippen molar-refractivity contribution in [1.82, 2.24) is 24.7 Å². The largest absolute Gasteiger partial charge is 0.378 e. The second kappa shape index (κ2) is 8.06. The quantitative estimate of drug-likeness (QED) is 0.787. The van der Waals surface area contributed by atoms with Crippen molar-refractivity contribution in [3.05, 3.63) is 28.2 Å². The van der Waals surface area contributed by atoms with Crippen LogP contribution in [0.1, 0.15) is 63.8 Å². The number of hydrogen-bond acceptors (Lipinski definition) is 6. The highest BCUT2D eigenvalue weighted by Crippen LogP contribution is 2.30. The van der Waals surface area contributed by atoms with Gasteiger partial charge in [0, 0.05) is 44.1 Å². The molecule has 0 spiro atoms. The van der Waals surface area contributed by atoms with Crippen LogP contribution >= 0.6 is 12.2 Å². The minimum atomic E-state index is -0.0988. The molecule has 148 valence electrons. The Morgan fingerprint density at radius 2 is 1.96 bits per heavy atom. The summed E-state index contributed by atoms with van der Waals surface area (Å²) >= 11 is 5.34. The average Bonchev–Trinajstić information content (AvgIpc) is 3.02. The van der Waals surface area contributed by atoms with Crippen molar-refractivity contribution >= 4 is 18.0 Å². The van der Waals surface area contributed by atoms with E-state index in [1.807, 2.05) is 0 Å². The molecule has 0 saturated carbocycles. The number of piperidine rings is 1. The lowest BCUT2D eigenvalue weighted by Crippen LogP contribution is -2.35. The normalized spacial score (nSPS) is 16.1. The molecule has 1 aliphatic heterocycles. The average molecular weight is 391 g/mol. The van der Waals surface area contributed by atoms with Crippen LogP contribution in [0, 0.1) is 4.77 Å². The minimum Gasteiger partial charge on any atom is -0.378 e. The molecule has 27 heavy (non-hydrogen) atoms. The van der Waals surface area contributed by atoms with Crippen molar-refractivity contribution in [1.29, 1.82) is 0 Å². The first kappa shape index (κ1) is 19.9. The third-order valence-electron chi connectivity index (χ3n) is 5.02.